The van der Waals surface area contributed by atoms with Crippen molar-refractivity contribution in [3.63, 3.8) is 0 Å². The number of amides is 1. The van der Waals surface area contributed by atoms with Gasteiger partial charge in [-0.1, -0.05) is 0 Å². The molecule has 1 aliphatic rings. The van der Waals surface area contributed by atoms with Gasteiger partial charge in [-0.3, -0.25) is 0 Å². The number of nitrogens with two attached hydrogens (primary N) is 1. The third-order valence-electron chi connectivity index (χ3n) is 3.61. The standard InChI is InChI=1S/C15H24N2O3/c1-11-9-12(10-19-11)15(16)5-7-17(8-6-15)13(18)20-14(2,3)4/h9-10H,5-8,16H2,1-4H3. The van der Waals surface area contributed by atoms with Crippen molar-refractivity contribution >= 4 is 6.09 Å². The van der Waals surface area contributed by atoms with E-state index in [-0.39, 0.29) is 6.09 Å². The van der Waals surface area contributed by atoms with E-state index in [1.807, 2.05) is 33.8 Å². The Kier molecular flexibility index (Phi) is 3.82. The van der Waals surface area contributed by atoms with Crippen molar-refractivity contribution in [3.05, 3.63) is 23.7 Å². The third-order valence-corrected chi connectivity index (χ3v) is 3.61. The minimum Gasteiger partial charge on any atom is -0.469 e. The molecule has 0 spiro atoms. The number of hydrogen-bond acceptors (Lipinski definition) is 4. The molecule has 1 aliphatic heterocycles. The molecular weight excluding hydrogens is 256 g/mol. The van der Waals surface area contributed by atoms with Crippen LogP contribution >= 0.6 is 0 Å². The smallest absolute Gasteiger partial charge is 0.410 e. The Morgan fingerprint density at radius 2 is 2.00 bits per heavy atom. The molecule has 0 radical (unpaired) electrons. The molecule has 1 fully saturated rings. The summed E-state index contributed by atoms with van der Waals surface area (Å²) in [7, 11) is 0. The first kappa shape index (κ1) is 14.9. The molecule has 0 atom stereocenters. The number of carbonyl (C=O) groups is 1. The van der Waals surface area contributed by atoms with Crippen molar-refractivity contribution in [2.24, 2.45) is 5.73 Å². The van der Waals surface area contributed by atoms with Gasteiger partial charge in [0.1, 0.15) is 11.4 Å². The lowest BCUT2D eigenvalue weighted by Crippen LogP contribution is -2.50. The van der Waals surface area contributed by atoms with E-state index in [0.29, 0.717) is 25.9 Å². The number of rotatable bonds is 1. The Hall–Kier alpha value is -1.49. The second-order valence-electron chi connectivity index (χ2n) is 6.57. The van der Waals surface area contributed by atoms with E-state index in [1.165, 1.54) is 0 Å². The Labute approximate surface area is 120 Å². The van der Waals surface area contributed by atoms with Crippen molar-refractivity contribution in [2.75, 3.05) is 13.1 Å². The van der Waals surface area contributed by atoms with E-state index >= 15 is 0 Å². The zero-order chi connectivity index (χ0) is 15.0. The van der Waals surface area contributed by atoms with Crippen LogP contribution in [-0.4, -0.2) is 29.7 Å². The fourth-order valence-corrected chi connectivity index (χ4v) is 2.41. The van der Waals surface area contributed by atoms with Gasteiger partial charge < -0.3 is 19.8 Å². The largest absolute Gasteiger partial charge is 0.469 e. The number of hydrogen-bond donors (Lipinski definition) is 1. The quantitative estimate of drug-likeness (QED) is 0.858. The Morgan fingerprint density at radius 1 is 1.40 bits per heavy atom. The zero-order valence-corrected chi connectivity index (χ0v) is 12.7. The van der Waals surface area contributed by atoms with Crippen LogP contribution in [0.2, 0.25) is 0 Å². The average Bonchev–Trinajstić information content (AvgIpc) is 2.75. The van der Waals surface area contributed by atoms with Crippen LogP contribution in [0.4, 0.5) is 4.79 Å². The maximum atomic E-state index is 12.0. The Bertz CT molecular complexity index is 480. The van der Waals surface area contributed by atoms with E-state index < -0.39 is 11.1 Å². The van der Waals surface area contributed by atoms with Crippen LogP contribution in [0.15, 0.2) is 16.7 Å². The number of furan rings is 1. The molecule has 112 valence electrons. The first-order chi connectivity index (χ1) is 9.20. The molecule has 2 heterocycles. The molecule has 1 aromatic heterocycles. The van der Waals surface area contributed by atoms with Crippen molar-refractivity contribution in [1.29, 1.82) is 0 Å². The highest BCUT2D eigenvalue weighted by atomic mass is 16.6. The highest BCUT2D eigenvalue weighted by molar-refractivity contribution is 5.68. The normalized spacial score (nSPS) is 18.9. The van der Waals surface area contributed by atoms with Gasteiger partial charge in [0.05, 0.1) is 6.26 Å². The SMILES string of the molecule is Cc1cc(C2(N)CCN(C(=O)OC(C)(C)C)CC2)co1. The number of piperidine rings is 1. The molecule has 1 amide bonds. The van der Waals surface area contributed by atoms with Crippen LogP contribution in [0.1, 0.15) is 44.9 Å². The predicted molar refractivity (Wildman–Crippen MR) is 76.4 cm³/mol. The number of aryl methyl sites for hydroxylation is 1. The number of nitrogens with zero attached hydrogens (tertiary/aromatic N) is 1. The number of likely N-dealkylation sites (tertiary alicyclic amines) is 1. The van der Waals surface area contributed by atoms with Crippen molar-refractivity contribution in [1.82, 2.24) is 4.90 Å². The van der Waals surface area contributed by atoms with E-state index in [9.17, 15) is 4.79 Å². The van der Waals surface area contributed by atoms with Crippen LogP contribution in [-0.2, 0) is 10.3 Å². The van der Waals surface area contributed by atoms with Gasteiger partial charge in [0.15, 0.2) is 0 Å². The summed E-state index contributed by atoms with van der Waals surface area (Å²) in [5.74, 6) is 0.861. The van der Waals surface area contributed by atoms with Crippen molar-refractivity contribution in [3.8, 4) is 0 Å². The van der Waals surface area contributed by atoms with Crippen LogP contribution < -0.4 is 5.73 Å². The summed E-state index contributed by atoms with van der Waals surface area (Å²) in [4.78, 5) is 13.7. The molecule has 0 aliphatic carbocycles. The van der Waals surface area contributed by atoms with Gasteiger partial charge in [-0.15, -0.1) is 0 Å². The molecule has 1 aromatic rings. The highest BCUT2D eigenvalue weighted by Gasteiger charge is 2.36. The molecule has 5 heteroatoms. The summed E-state index contributed by atoms with van der Waals surface area (Å²) in [6.07, 6.45) is 2.89. The van der Waals surface area contributed by atoms with Crippen molar-refractivity contribution in [2.45, 2.75) is 51.7 Å². The molecule has 2 rings (SSSR count). The van der Waals surface area contributed by atoms with Gasteiger partial charge in [0.25, 0.3) is 0 Å². The van der Waals surface area contributed by atoms with Gasteiger partial charge in [0.2, 0.25) is 0 Å². The third kappa shape index (κ3) is 3.33. The molecule has 2 N–H and O–H groups in total. The van der Waals surface area contributed by atoms with Gasteiger partial charge in [-0.25, -0.2) is 4.79 Å². The van der Waals surface area contributed by atoms with Crippen LogP contribution in [0.5, 0.6) is 0 Å². The fourth-order valence-electron chi connectivity index (χ4n) is 2.41. The fraction of sp³-hybridized carbons (Fsp3) is 0.667. The summed E-state index contributed by atoms with van der Waals surface area (Å²) in [5.41, 5.74) is 6.59. The molecule has 0 saturated carbocycles. The first-order valence-corrected chi connectivity index (χ1v) is 7.02. The minimum atomic E-state index is -0.462. The minimum absolute atomic E-state index is 0.261. The van der Waals surface area contributed by atoms with Gasteiger partial charge >= 0.3 is 6.09 Å². The molecule has 5 nitrogen and oxygen atoms in total. The Balaban J connectivity index is 1.97. The average molecular weight is 280 g/mol. The van der Waals surface area contributed by atoms with Crippen LogP contribution in [0.3, 0.4) is 0 Å². The second kappa shape index (κ2) is 5.13. The molecule has 0 bridgehead atoms. The monoisotopic (exact) mass is 280 g/mol. The predicted octanol–water partition coefficient (Wildman–Crippen LogP) is 2.77. The summed E-state index contributed by atoms with van der Waals surface area (Å²) >= 11 is 0. The van der Waals surface area contributed by atoms with E-state index in [4.69, 9.17) is 14.9 Å². The maximum Gasteiger partial charge on any atom is 0.410 e. The lowest BCUT2D eigenvalue weighted by atomic mass is 9.83. The molecule has 0 aromatic carbocycles. The summed E-state index contributed by atoms with van der Waals surface area (Å²) in [6.45, 7) is 8.73. The number of carbonyl (C=O) groups excluding carboxylic acids is 1. The molecular formula is C15H24N2O3. The van der Waals surface area contributed by atoms with E-state index in [1.54, 1.807) is 11.2 Å². The molecule has 20 heavy (non-hydrogen) atoms. The van der Waals surface area contributed by atoms with E-state index in [0.717, 1.165) is 11.3 Å². The lowest BCUT2D eigenvalue weighted by molar-refractivity contribution is 0.0166. The molecule has 1 saturated heterocycles. The summed E-state index contributed by atoms with van der Waals surface area (Å²) in [5, 5.41) is 0. The highest BCUT2D eigenvalue weighted by Crippen LogP contribution is 2.32. The summed E-state index contributed by atoms with van der Waals surface area (Å²) < 4.78 is 10.7. The second-order valence-corrected chi connectivity index (χ2v) is 6.57. The topological polar surface area (TPSA) is 68.7 Å². The van der Waals surface area contributed by atoms with Crippen LogP contribution in [0.25, 0.3) is 0 Å². The Morgan fingerprint density at radius 3 is 2.45 bits per heavy atom. The van der Waals surface area contributed by atoms with Crippen LogP contribution in [0, 0.1) is 6.92 Å². The number of ether oxygens (including phenoxy) is 1. The van der Waals surface area contributed by atoms with Gasteiger partial charge in [-0.2, -0.15) is 0 Å². The molecule has 0 unspecified atom stereocenters. The van der Waals surface area contributed by atoms with Gasteiger partial charge in [-0.05, 0) is 46.6 Å². The van der Waals surface area contributed by atoms with Crippen molar-refractivity contribution < 1.29 is 13.9 Å². The zero-order valence-electron chi connectivity index (χ0n) is 12.7. The maximum absolute atomic E-state index is 12.0. The summed E-state index contributed by atoms with van der Waals surface area (Å²) in [6, 6.07) is 1.98. The van der Waals surface area contributed by atoms with E-state index in [2.05, 4.69) is 0 Å². The first-order valence-electron chi connectivity index (χ1n) is 7.02. The lowest BCUT2D eigenvalue weighted by Gasteiger charge is -2.39. The van der Waals surface area contributed by atoms with Gasteiger partial charge in [0, 0.05) is 24.2 Å².